The summed E-state index contributed by atoms with van der Waals surface area (Å²) in [6, 6.07) is 14.3. The van der Waals surface area contributed by atoms with Gasteiger partial charge in [-0.2, -0.15) is 0 Å². The molecule has 10 heteroatoms. The molecule has 1 amide bonds. The van der Waals surface area contributed by atoms with E-state index in [4.69, 9.17) is 4.74 Å². The Hall–Kier alpha value is -3.66. The summed E-state index contributed by atoms with van der Waals surface area (Å²) in [5.74, 6) is 2.09. The van der Waals surface area contributed by atoms with Crippen LogP contribution in [0.4, 0.5) is 5.69 Å². The number of amides is 1. The van der Waals surface area contributed by atoms with E-state index in [1.807, 2.05) is 29.7 Å². The third-order valence-electron chi connectivity index (χ3n) is 4.80. The molecule has 4 aromatic rings. The smallest absolute Gasteiger partial charge is 0.258 e. The second kappa shape index (κ2) is 9.65. The van der Waals surface area contributed by atoms with Gasteiger partial charge in [0.1, 0.15) is 17.4 Å². The minimum Gasteiger partial charge on any atom is -0.497 e. The summed E-state index contributed by atoms with van der Waals surface area (Å²) < 4.78 is 7.01. The highest BCUT2D eigenvalue weighted by Crippen LogP contribution is 2.21. The van der Waals surface area contributed by atoms with Crippen LogP contribution < -0.4 is 15.6 Å². The topological polar surface area (TPSA) is 115 Å². The van der Waals surface area contributed by atoms with Crippen molar-refractivity contribution in [3.63, 3.8) is 0 Å². The third kappa shape index (κ3) is 4.80. The summed E-state index contributed by atoms with van der Waals surface area (Å²) in [5.41, 5.74) is 1.16. The largest absolute Gasteiger partial charge is 0.497 e. The molecule has 0 atom stereocenters. The highest BCUT2D eigenvalue weighted by molar-refractivity contribution is 7.98. The summed E-state index contributed by atoms with van der Waals surface area (Å²) in [4.78, 5) is 32.1. The van der Waals surface area contributed by atoms with Gasteiger partial charge in [-0.1, -0.05) is 23.9 Å². The van der Waals surface area contributed by atoms with Crippen molar-refractivity contribution in [2.45, 2.75) is 30.8 Å². The number of para-hydroxylation sites is 1. The van der Waals surface area contributed by atoms with E-state index in [9.17, 15) is 9.59 Å². The number of rotatable bonds is 8. The first-order chi connectivity index (χ1) is 15.6. The van der Waals surface area contributed by atoms with Gasteiger partial charge in [-0.05, 0) is 43.3 Å². The minimum absolute atomic E-state index is 0.0957. The number of anilines is 1. The molecule has 0 saturated carbocycles. The summed E-state index contributed by atoms with van der Waals surface area (Å²) in [7, 11) is 1.59. The number of aromatic amines is 1. The lowest BCUT2D eigenvalue weighted by Crippen LogP contribution is -2.17. The SMILES string of the molecule is CCn1c(CC(=O)Nc2ccc(OC)cc2)nnc1SCc1nc2ccccc2c(=O)[nH]1. The molecule has 2 N–H and O–H groups in total. The molecular formula is C22H22N6O3S. The Morgan fingerprint density at radius 1 is 1.16 bits per heavy atom. The van der Waals surface area contributed by atoms with E-state index in [0.717, 1.165) is 5.75 Å². The quantitative estimate of drug-likeness (QED) is 0.397. The second-order valence-corrected chi connectivity index (χ2v) is 7.86. The van der Waals surface area contributed by atoms with Gasteiger partial charge in [0.2, 0.25) is 5.91 Å². The highest BCUT2D eigenvalue weighted by atomic mass is 32.2. The van der Waals surface area contributed by atoms with Crippen molar-refractivity contribution in [3.05, 3.63) is 70.5 Å². The molecule has 0 aliphatic rings. The molecule has 0 aliphatic carbocycles. The maximum absolute atomic E-state index is 12.5. The summed E-state index contributed by atoms with van der Waals surface area (Å²) in [5, 5.41) is 12.5. The molecule has 32 heavy (non-hydrogen) atoms. The van der Waals surface area contributed by atoms with Crippen LogP contribution >= 0.6 is 11.8 Å². The first-order valence-corrected chi connectivity index (χ1v) is 11.0. The number of thioether (sulfide) groups is 1. The van der Waals surface area contributed by atoms with E-state index in [2.05, 4.69) is 25.5 Å². The van der Waals surface area contributed by atoms with Crippen LogP contribution in [0.1, 0.15) is 18.6 Å². The Bertz CT molecular complexity index is 1300. The van der Waals surface area contributed by atoms with Crippen molar-refractivity contribution in [3.8, 4) is 5.75 Å². The monoisotopic (exact) mass is 450 g/mol. The van der Waals surface area contributed by atoms with E-state index in [-0.39, 0.29) is 17.9 Å². The van der Waals surface area contributed by atoms with Gasteiger partial charge in [-0.25, -0.2) is 4.98 Å². The molecule has 164 valence electrons. The molecule has 0 radical (unpaired) electrons. The molecule has 0 unspecified atom stereocenters. The maximum atomic E-state index is 12.5. The van der Waals surface area contributed by atoms with E-state index in [1.165, 1.54) is 11.8 Å². The average molecular weight is 451 g/mol. The number of carbonyl (C=O) groups excluding carboxylic acids is 1. The number of fused-ring (bicyclic) bond motifs is 1. The zero-order valence-corrected chi connectivity index (χ0v) is 18.5. The normalized spacial score (nSPS) is 10.9. The van der Waals surface area contributed by atoms with Crippen molar-refractivity contribution in [1.82, 2.24) is 24.7 Å². The summed E-state index contributed by atoms with van der Waals surface area (Å²) in [6.07, 6.45) is 0.0957. The number of hydrogen-bond donors (Lipinski definition) is 2. The number of H-pyrrole nitrogens is 1. The van der Waals surface area contributed by atoms with Crippen LogP contribution in [-0.2, 0) is 23.5 Å². The van der Waals surface area contributed by atoms with Gasteiger partial charge in [0, 0.05) is 12.2 Å². The third-order valence-corrected chi connectivity index (χ3v) is 5.78. The van der Waals surface area contributed by atoms with Crippen LogP contribution in [-0.4, -0.2) is 37.7 Å². The molecule has 0 saturated heterocycles. The van der Waals surface area contributed by atoms with Crippen molar-refractivity contribution >= 4 is 34.3 Å². The Morgan fingerprint density at radius 2 is 1.94 bits per heavy atom. The molecule has 2 aromatic heterocycles. The molecule has 0 bridgehead atoms. The number of ether oxygens (including phenoxy) is 1. The Kier molecular flexibility index (Phi) is 6.50. The first kappa shape index (κ1) is 21.6. The number of nitrogens with zero attached hydrogens (tertiary/aromatic N) is 4. The molecular weight excluding hydrogens is 428 g/mol. The lowest BCUT2D eigenvalue weighted by molar-refractivity contribution is -0.115. The Balaban J connectivity index is 1.43. The molecule has 0 aliphatic heterocycles. The highest BCUT2D eigenvalue weighted by Gasteiger charge is 2.16. The van der Waals surface area contributed by atoms with Gasteiger partial charge in [-0.3, -0.25) is 9.59 Å². The fraction of sp³-hybridized carbons (Fsp3) is 0.227. The molecule has 4 rings (SSSR count). The summed E-state index contributed by atoms with van der Waals surface area (Å²) in [6.45, 7) is 2.58. The Labute approximate surface area is 188 Å². The number of nitrogens with one attached hydrogen (secondary N) is 2. The number of carbonyl (C=O) groups is 1. The van der Waals surface area contributed by atoms with Crippen molar-refractivity contribution in [1.29, 1.82) is 0 Å². The van der Waals surface area contributed by atoms with E-state index < -0.39 is 0 Å². The summed E-state index contributed by atoms with van der Waals surface area (Å²) >= 11 is 1.41. The van der Waals surface area contributed by atoms with Crippen molar-refractivity contribution in [2.24, 2.45) is 0 Å². The van der Waals surface area contributed by atoms with Crippen LogP contribution in [0.25, 0.3) is 10.9 Å². The lowest BCUT2D eigenvalue weighted by atomic mass is 10.2. The first-order valence-electron chi connectivity index (χ1n) is 10.0. The van der Waals surface area contributed by atoms with Crippen LogP contribution in [0.5, 0.6) is 5.75 Å². The fourth-order valence-electron chi connectivity index (χ4n) is 3.23. The predicted molar refractivity (Wildman–Crippen MR) is 123 cm³/mol. The van der Waals surface area contributed by atoms with Gasteiger partial charge in [0.05, 0.1) is 30.2 Å². The van der Waals surface area contributed by atoms with Crippen LogP contribution in [0.3, 0.4) is 0 Å². The van der Waals surface area contributed by atoms with E-state index >= 15 is 0 Å². The molecule has 2 heterocycles. The number of aromatic nitrogens is 5. The van der Waals surface area contributed by atoms with Crippen molar-refractivity contribution in [2.75, 3.05) is 12.4 Å². The Morgan fingerprint density at radius 3 is 2.69 bits per heavy atom. The van der Waals surface area contributed by atoms with E-state index in [1.54, 1.807) is 37.4 Å². The van der Waals surface area contributed by atoms with Gasteiger partial charge in [0.25, 0.3) is 5.56 Å². The predicted octanol–water partition coefficient (Wildman–Crippen LogP) is 3.02. The molecule has 9 nitrogen and oxygen atoms in total. The minimum atomic E-state index is -0.186. The van der Waals surface area contributed by atoms with Crippen LogP contribution in [0.15, 0.2) is 58.5 Å². The van der Waals surface area contributed by atoms with Crippen LogP contribution in [0.2, 0.25) is 0 Å². The zero-order chi connectivity index (χ0) is 22.5. The average Bonchev–Trinajstić information content (AvgIpc) is 3.19. The lowest BCUT2D eigenvalue weighted by Gasteiger charge is -2.08. The van der Waals surface area contributed by atoms with E-state index in [0.29, 0.717) is 45.7 Å². The number of benzene rings is 2. The van der Waals surface area contributed by atoms with Gasteiger partial charge in [0.15, 0.2) is 5.16 Å². The van der Waals surface area contributed by atoms with Gasteiger partial charge < -0.3 is 19.6 Å². The second-order valence-electron chi connectivity index (χ2n) is 6.91. The van der Waals surface area contributed by atoms with Gasteiger partial charge in [-0.15, -0.1) is 10.2 Å². The number of methoxy groups -OCH3 is 1. The molecule has 0 spiro atoms. The number of hydrogen-bond acceptors (Lipinski definition) is 7. The molecule has 2 aromatic carbocycles. The molecule has 0 fully saturated rings. The fourth-order valence-corrected chi connectivity index (χ4v) is 4.12. The van der Waals surface area contributed by atoms with Crippen LogP contribution in [0, 0.1) is 0 Å². The van der Waals surface area contributed by atoms with Crippen molar-refractivity contribution < 1.29 is 9.53 Å². The zero-order valence-electron chi connectivity index (χ0n) is 17.7. The van der Waals surface area contributed by atoms with Gasteiger partial charge >= 0.3 is 0 Å². The standard InChI is InChI=1S/C22H22N6O3S/c1-3-28-19(12-20(29)23-14-8-10-15(31-2)11-9-14)26-27-22(28)32-13-18-24-17-7-5-4-6-16(17)21(30)25-18/h4-11H,3,12-13H2,1-2H3,(H,23,29)(H,24,25,30). The maximum Gasteiger partial charge on any atom is 0.258 e.